The van der Waals surface area contributed by atoms with Crippen LogP contribution < -0.4 is 5.43 Å². The van der Waals surface area contributed by atoms with Crippen molar-refractivity contribution in [3.05, 3.63) is 69.8 Å². The molecule has 8 heteroatoms. The summed E-state index contributed by atoms with van der Waals surface area (Å²) >= 11 is 0. The van der Waals surface area contributed by atoms with Gasteiger partial charge in [0.15, 0.2) is 0 Å². The molecule has 0 aromatic heterocycles. The summed E-state index contributed by atoms with van der Waals surface area (Å²) in [4.78, 5) is 9.99. The summed E-state index contributed by atoms with van der Waals surface area (Å²) in [6, 6.07) is 11.1. The van der Waals surface area contributed by atoms with Crippen LogP contribution in [0.3, 0.4) is 0 Å². The second-order valence-electron chi connectivity index (χ2n) is 4.27. The van der Waals surface area contributed by atoms with Gasteiger partial charge < -0.3 is 0 Å². The Bertz CT molecular complexity index is 700. The van der Waals surface area contributed by atoms with Gasteiger partial charge in [-0.15, -0.1) is 0 Å². The Morgan fingerprint density at radius 1 is 1.14 bits per heavy atom. The van der Waals surface area contributed by atoms with Gasteiger partial charge in [0.1, 0.15) is 5.69 Å². The predicted octanol–water partition coefficient (Wildman–Crippen LogP) is 4.06. The second-order valence-corrected chi connectivity index (χ2v) is 4.27. The number of benzene rings is 2. The van der Waals surface area contributed by atoms with E-state index in [0.29, 0.717) is 6.07 Å². The Morgan fingerprint density at radius 2 is 1.82 bits per heavy atom. The van der Waals surface area contributed by atoms with Crippen molar-refractivity contribution in [2.75, 3.05) is 5.43 Å². The maximum absolute atomic E-state index is 12.6. The third-order valence-corrected chi connectivity index (χ3v) is 2.72. The van der Waals surface area contributed by atoms with E-state index >= 15 is 0 Å². The van der Waals surface area contributed by atoms with Crippen LogP contribution in [0.1, 0.15) is 11.1 Å². The maximum atomic E-state index is 12.6. The molecule has 1 N–H and O–H groups in total. The molecule has 0 amide bonds. The van der Waals surface area contributed by atoms with Crippen molar-refractivity contribution in [1.29, 1.82) is 0 Å². The van der Waals surface area contributed by atoms with Crippen LogP contribution in [-0.4, -0.2) is 11.1 Å². The first-order chi connectivity index (χ1) is 10.4. The van der Waals surface area contributed by atoms with Gasteiger partial charge in [0.05, 0.1) is 16.7 Å². The van der Waals surface area contributed by atoms with Crippen molar-refractivity contribution in [3.63, 3.8) is 0 Å². The molecule has 0 atom stereocenters. The molecule has 0 fully saturated rings. The van der Waals surface area contributed by atoms with Crippen molar-refractivity contribution in [2.45, 2.75) is 6.18 Å². The van der Waals surface area contributed by atoms with E-state index in [0.717, 1.165) is 17.7 Å². The Hall–Kier alpha value is -2.90. The first-order valence-corrected chi connectivity index (χ1v) is 6.07. The van der Waals surface area contributed by atoms with Crippen molar-refractivity contribution < 1.29 is 18.1 Å². The van der Waals surface area contributed by atoms with Crippen LogP contribution in [0.25, 0.3) is 0 Å². The van der Waals surface area contributed by atoms with Crippen molar-refractivity contribution in [1.82, 2.24) is 0 Å². The van der Waals surface area contributed by atoms with Crippen molar-refractivity contribution >= 4 is 17.6 Å². The van der Waals surface area contributed by atoms with Gasteiger partial charge >= 0.3 is 6.18 Å². The second kappa shape index (κ2) is 6.25. The van der Waals surface area contributed by atoms with Gasteiger partial charge in [0.25, 0.3) is 5.69 Å². The third kappa shape index (κ3) is 3.81. The monoisotopic (exact) mass is 309 g/mol. The average Bonchev–Trinajstić information content (AvgIpc) is 2.47. The number of rotatable bonds is 4. The molecule has 0 heterocycles. The molecule has 114 valence electrons. The van der Waals surface area contributed by atoms with E-state index in [-0.39, 0.29) is 5.69 Å². The van der Waals surface area contributed by atoms with Crippen molar-refractivity contribution in [2.24, 2.45) is 5.10 Å². The molecule has 0 saturated carbocycles. The first kappa shape index (κ1) is 15.5. The van der Waals surface area contributed by atoms with Crippen LogP contribution in [0.5, 0.6) is 0 Å². The van der Waals surface area contributed by atoms with E-state index in [1.54, 1.807) is 24.3 Å². The zero-order valence-corrected chi connectivity index (χ0v) is 11.0. The van der Waals surface area contributed by atoms with Gasteiger partial charge in [-0.25, -0.2) is 0 Å². The molecular weight excluding hydrogens is 299 g/mol. The number of hydrogen-bond acceptors (Lipinski definition) is 4. The molecule has 0 unspecified atom stereocenters. The van der Waals surface area contributed by atoms with Gasteiger partial charge in [-0.3, -0.25) is 15.5 Å². The molecule has 2 aromatic rings. The Balaban J connectivity index is 2.24. The van der Waals surface area contributed by atoms with E-state index in [1.807, 2.05) is 6.07 Å². The third-order valence-electron chi connectivity index (χ3n) is 2.72. The lowest BCUT2D eigenvalue weighted by Gasteiger charge is -2.08. The van der Waals surface area contributed by atoms with Gasteiger partial charge in [0, 0.05) is 6.07 Å². The Labute approximate surface area is 123 Å². The molecule has 0 saturated heterocycles. The summed E-state index contributed by atoms with van der Waals surface area (Å²) in [6.07, 6.45) is -3.24. The molecule has 0 bridgehead atoms. The van der Waals surface area contributed by atoms with E-state index in [9.17, 15) is 23.3 Å². The van der Waals surface area contributed by atoms with Crippen LogP contribution in [0.15, 0.2) is 53.6 Å². The lowest BCUT2D eigenvalue weighted by atomic mass is 10.1. The lowest BCUT2D eigenvalue weighted by molar-refractivity contribution is -0.384. The molecule has 0 aliphatic carbocycles. The Morgan fingerprint density at radius 3 is 2.41 bits per heavy atom. The summed E-state index contributed by atoms with van der Waals surface area (Å²) in [6.45, 7) is 0. The topological polar surface area (TPSA) is 67.5 Å². The largest absolute Gasteiger partial charge is 0.416 e. The minimum absolute atomic E-state index is 0.120. The first-order valence-electron chi connectivity index (χ1n) is 6.07. The van der Waals surface area contributed by atoms with Crippen LogP contribution in [-0.2, 0) is 6.18 Å². The zero-order valence-electron chi connectivity index (χ0n) is 11.0. The van der Waals surface area contributed by atoms with Gasteiger partial charge in [-0.2, -0.15) is 18.3 Å². The summed E-state index contributed by atoms with van der Waals surface area (Å²) in [5, 5.41) is 14.7. The highest BCUT2D eigenvalue weighted by molar-refractivity contribution is 5.80. The number of nitro groups is 1. The summed E-state index contributed by atoms with van der Waals surface area (Å²) in [5.41, 5.74) is 1.22. The smallest absolute Gasteiger partial charge is 0.272 e. The normalized spacial score (nSPS) is 11.6. The number of hydrazone groups is 1. The molecular formula is C14H10F3N3O2. The number of halogens is 3. The number of alkyl halides is 3. The Kier molecular flexibility index (Phi) is 4.40. The molecule has 2 rings (SSSR count). The zero-order chi connectivity index (χ0) is 16.2. The minimum atomic E-state index is -4.64. The molecule has 0 spiro atoms. The highest BCUT2D eigenvalue weighted by Gasteiger charge is 2.33. The summed E-state index contributed by atoms with van der Waals surface area (Å²) < 4.78 is 37.7. The van der Waals surface area contributed by atoms with E-state index < -0.39 is 22.4 Å². The fourth-order valence-corrected chi connectivity index (χ4v) is 1.67. The molecule has 0 aliphatic heterocycles. The SMILES string of the molecule is O=[N+]([O-])c1cc(C(F)(F)F)ccc1N/N=C/c1ccccc1. The fraction of sp³-hybridized carbons (Fsp3) is 0.0714. The standard InChI is InChI=1S/C14H10F3N3O2/c15-14(16,17)11-6-7-12(13(8-11)20(21)22)19-18-9-10-4-2-1-3-5-10/h1-9,19H/b18-9+. The number of anilines is 1. The predicted molar refractivity (Wildman–Crippen MR) is 75.8 cm³/mol. The quantitative estimate of drug-likeness (QED) is 0.526. The summed E-state index contributed by atoms with van der Waals surface area (Å²) in [7, 11) is 0. The molecule has 5 nitrogen and oxygen atoms in total. The van der Waals surface area contributed by atoms with Gasteiger partial charge in [-0.1, -0.05) is 30.3 Å². The number of hydrogen-bond donors (Lipinski definition) is 1. The molecule has 22 heavy (non-hydrogen) atoms. The van der Waals surface area contributed by atoms with E-state index in [4.69, 9.17) is 0 Å². The summed E-state index contributed by atoms with van der Waals surface area (Å²) in [5.74, 6) is 0. The van der Waals surface area contributed by atoms with Crippen LogP contribution in [0, 0.1) is 10.1 Å². The lowest BCUT2D eigenvalue weighted by Crippen LogP contribution is -2.06. The van der Waals surface area contributed by atoms with Crippen molar-refractivity contribution in [3.8, 4) is 0 Å². The van der Waals surface area contributed by atoms with E-state index in [2.05, 4.69) is 10.5 Å². The van der Waals surface area contributed by atoms with Crippen LogP contribution in [0.2, 0.25) is 0 Å². The van der Waals surface area contributed by atoms with Crippen LogP contribution >= 0.6 is 0 Å². The fourth-order valence-electron chi connectivity index (χ4n) is 1.67. The average molecular weight is 309 g/mol. The maximum Gasteiger partial charge on any atom is 0.416 e. The molecule has 0 aliphatic rings. The number of nitrogens with one attached hydrogen (secondary N) is 1. The minimum Gasteiger partial charge on any atom is -0.272 e. The van der Waals surface area contributed by atoms with Crippen LogP contribution in [0.4, 0.5) is 24.5 Å². The highest BCUT2D eigenvalue weighted by Crippen LogP contribution is 2.34. The molecule has 0 radical (unpaired) electrons. The number of nitro benzene ring substituents is 1. The van der Waals surface area contributed by atoms with Gasteiger partial charge in [0.2, 0.25) is 0 Å². The van der Waals surface area contributed by atoms with Gasteiger partial charge in [-0.05, 0) is 17.7 Å². The molecule has 2 aromatic carbocycles. The van der Waals surface area contributed by atoms with E-state index in [1.165, 1.54) is 6.21 Å². The highest BCUT2D eigenvalue weighted by atomic mass is 19.4. The number of nitrogens with zero attached hydrogens (tertiary/aromatic N) is 2.